The molecule has 21 heavy (non-hydrogen) atoms. The van der Waals surface area contributed by atoms with Gasteiger partial charge in [-0.05, 0) is 32.8 Å². The third-order valence-electron chi connectivity index (χ3n) is 3.99. The van der Waals surface area contributed by atoms with Crippen molar-refractivity contribution in [3.05, 3.63) is 17.6 Å². The van der Waals surface area contributed by atoms with Crippen LogP contribution in [-0.4, -0.2) is 27.5 Å². The maximum Gasteiger partial charge on any atom is 0.244 e. The Morgan fingerprint density at radius 1 is 1.14 bits per heavy atom. The van der Waals surface area contributed by atoms with E-state index in [1.165, 1.54) is 38.5 Å². The minimum Gasteiger partial charge on any atom is -0.465 e. The topological polar surface area (TPSA) is 71.3 Å². The van der Waals surface area contributed by atoms with Crippen LogP contribution < -0.4 is 10.0 Å². The Morgan fingerprint density at radius 2 is 1.81 bits per heavy atom. The molecule has 1 aliphatic carbocycles. The van der Waals surface area contributed by atoms with Gasteiger partial charge in [0, 0.05) is 19.1 Å². The zero-order valence-corrected chi connectivity index (χ0v) is 13.8. The lowest BCUT2D eigenvalue weighted by Gasteiger charge is -2.16. The minimum absolute atomic E-state index is 0.245. The van der Waals surface area contributed by atoms with Crippen molar-refractivity contribution in [2.45, 2.75) is 63.3 Å². The fourth-order valence-electron chi connectivity index (χ4n) is 2.90. The molecule has 0 aliphatic heterocycles. The number of furan rings is 1. The van der Waals surface area contributed by atoms with Crippen LogP contribution in [0.5, 0.6) is 0 Å². The van der Waals surface area contributed by atoms with Crippen molar-refractivity contribution in [2.75, 3.05) is 13.1 Å². The van der Waals surface area contributed by atoms with E-state index in [0.717, 1.165) is 0 Å². The molecule has 0 bridgehead atoms. The molecule has 1 saturated carbocycles. The van der Waals surface area contributed by atoms with Gasteiger partial charge >= 0.3 is 0 Å². The van der Waals surface area contributed by atoms with E-state index in [4.69, 9.17) is 4.42 Å². The van der Waals surface area contributed by atoms with Crippen LogP contribution in [0.2, 0.25) is 0 Å². The van der Waals surface area contributed by atoms with E-state index < -0.39 is 10.0 Å². The number of aryl methyl sites for hydroxylation is 2. The van der Waals surface area contributed by atoms with Gasteiger partial charge in [-0.15, -0.1) is 0 Å². The van der Waals surface area contributed by atoms with Gasteiger partial charge in [0.05, 0.1) is 0 Å². The third-order valence-corrected chi connectivity index (χ3v) is 5.56. The highest BCUT2D eigenvalue weighted by Crippen LogP contribution is 2.19. The molecule has 6 heteroatoms. The van der Waals surface area contributed by atoms with Gasteiger partial charge in [-0.25, -0.2) is 13.1 Å². The van der Waals surface area contributed by atoms with Crippen molar-refractivity contribution >= 4 is 10.0 Å². The van der Waals surface area contributed by atoms with E-state index in [1.807, 2.05) is 0 Å². The van der Waals surface area contributed by atoms with E-state index in [1.54, 1.807) is 19.9 Å². The molecule has 0 radical (unpaired) electrons. The number of hydrogen-bond acceptors (Lipinski definition) is 4. The average molecular weight is 314 g/mol. The van der Waals surface area contributed by atoms with Crippen molar-refractivity contribution in [1.82, 2.24) is 10.0 Å². The standard InChI is InChI=1S/C15H26N2O3S/c1-12-11-15(13(2)20-12)21(18,19)17-10-9-16-14-7-5-3-4-6-8-14/h11,14,16-17H,3-10H2,1-2H3. The van der Waals surface area contributed by atoms with E-state index >= 15 is 0 Å². The summed E-state index contributed by atoms with van der Waals surface area (Å²) in [5.41, 5.74) is 0. The molecule has 2 N–H and O–H groups in total. The van der Waals surface area contributed by atoms with E-state index in [9.17, 15) is 8.42 Å². The molecule has 1 fully saturated rings. The maximum atomic E-state index is 12.2. The first-order valence-corrected chi connectivity index (χ1v) is 9.27. The summed E-state index contributed by atoms with van der Waals surface area (Å²) in [7, 11) is -3.46. The lowest BCUT2D eigenvalue weighted by atomic mass is 10.1. The Kier molecular flexibility index (Phi) is 5.84. The average Bonchev–Trinajstić information content (AvgIpc) is 2.65. The van der Waals surface area contributed by atoms with Crippen LogP contribution in [0.25, 0.3) is 0 Å². The first-order valence-electron chi connectivity index (χ1n) is 7.79. The number of rotatable bonds is 6. The third kappa shape index (κ3) is 4.83. The number of hydrogen-bond donors (Lipinski definition) is 2. The summed E-state index contributed by atoms with van der Waals surface area (Å²) in [4.78, 5) is 0.245. The fourth-order valence-corrected chi connectivity index (χ4v) is 4.16. The van der Waals surface area contributed by atoms with E-state index in [-0.39, 0.29) is 4.90 Å². The summed E-state index contributed by atoms with van der Waals surface area (Å²) in [5.74, 6) is 1.06. The normalized spacial score (nSPS) is 17.8. The summed E-state index contributed by atoms with van der Waals surface area (Å²) in [6, 6.07) is 2.10. The molecule has 2 rings (SSSR count). The molecule has 0 spiro atoms. The first kappa shape index (κ1) is 16.5. The predicted molar refractivity (Wildman–Crippen MR) is 82.9 cm³/mol. The van der Waals surface area contributed by atoms with Crippen LogP contribution in [0.4, 0.5) is 0 Å². The molecule has 1 heterocycles. The zero-order chi connectivity index (χ0) is 15.3. The summed E-state index contributed by atoms with van der Waals surface area (Å²) in [6.07, 6.45) is 7.60. The van der Waals surface area contributed by atoms with Crippen molar-refractivity contribution in [1.29, 1.82) is 0 Å². The van der Waals surface area contributed by atoms with Crippen molar-refractivity contribution in [2.24, 2.45) is 0 Å². The van der Waals surface area contributed by atoms with Gasteiger partial charge in [0.2, 0.25) is 10.0 Å². The summed E-state index contributed by atoms with van der Waals surface area (Å²) < 4.78 is 32.3. The van der Waals surface area contributed by atoms with Gasteiger partial charge in [-0.2, -0.15) is 0 Å². The molecule has 1 aliphatic rings. The molecular weight excluding hydrogens is 288 g/mol. The minimum atomic E-state index is -3.46. The molecule has 5 nitrogen and oxygen atoms in total. The largest absolute Gasteiger partial charge is 0.465 e. The van der Waals surface area contributed by atoms with E-state index in [2.05, 4.69) is 10.0 Å². The van der Waals surface area contributed by atoms with Gasteiger partial charge in [-0.1, -0.05) is 25.7 Å². The molecule has 0 saturated heterocycles. The second-order valence-corrected chi connectivity index (χ2v) is 7.55. The quantitative estimate of drug-likeness (QED) is 0.625. The summed E-state index contributed by atoms with van der Waals surface area (Å²) >= 11 is 0. The van der Waals surface area contributed by atoms with Crippen molar-refractivity contribution in [3.63, 3.8) is 0 Å². The van der Waals surface area contributed by atoms with E-state index in [0.29, 0.717) is 30.7 Å². The summed E-state index contributed by atoms with van der Waals surface area (Å²) in [6.45, 7) is 4.49. The van der Waals surface area contributed by atoms with Crippen molar-refractivity contribution in [3.8, 4) is 0 Å². The van der Waals surface area contributed by atoms with Gasteiger partial charge in [0.25, 0.3) is 0 Å². The molecular formula is C15H26N2O3S. The Bertz CT molecular complexity index is 543. The molecule has 1 aromatic rings. The van der Waals surface area contributed by atoms with Gasteiger partial charge in [0.1, 0.15) is 16.4 Å². The highest BCUT2D eigenvalue weighted by atomic mass is 32.2. The Labute approximate surface area is 127 Å². The lowest BCUT2D eigenvalue weighted by Crippen LogP contribution is -2.36. The van der Waals surface area contributed by atoms with Gasteiger partial charge in [-0.3, -0.25) is 0 Å². The summed E-state index contributed by atoms with van der Waals surface area (Å²) in [5, 5.41) is 3.46. The second-order valence-electron chi connectivity index (χ2n) is 5.82. The van der Waals surface area contributed by atoms with Crippen molar-refractivity contribution < 1.29 is 12.8 Å². The monoisotopic (exact) mass is 314 g/mol. The number of sulfonamides is 1. The van der Waals surface area contributed by atoms with Crippen LogP contribution in [0.1, 0.15) is 50.0 Å². The predicted octanol–water partition coefficient (Wildman–Crippen LogP) is 2.49. The molecule has 1 aromatic heterocycles. The molecule has 0 unspecified atom stereocenters. The van der Waals surface area contributed by atoms with Crippen LogP contribution in [-0.2, 0) is 10.0 Å². The van der Waals surface area contributed by atoms with Gasteiger partial charge < -0.3 is 9.73 Å². The Hall–Kier alpha value is -0.850. The van der Waals surface area contributed by atoms with Crippen LogP contribution >= 0.6 is 0 Å². The lowest BCUT2D eigenvalue weighted by molar-refractivity contribution is 0.461. The Morgan fingerprint density at radius 3 is 2.38 bits per heavy atom. The molecule has 0 amide bonds. The Balaban J connectivity index is 1.78. The number of nitrogens with one attached hydrogen (secondary N) is 2. The van der Waals surface area contributed by atoms with Crippen LogP contribution in [0.3, 0.4) is 0 Å². The molecule has 120 valence electrons. The molecule has 0 atom stereocenters. The zero-order valence-electron chi connectivity index (χ0n) is 12.9. The van der Waals surface area contributed by atoms with Crippen LogP contribution in [0.15, 0.2) is 15.4 Å². The highest BCUT2D eigenvalue weighted by Gasteiger charge is 2.20. The smallest absolute Gasteiger partial charge is 0.244 e. The fraction of sp³-hybridized carbons (Fsp3) is 0.733. The second kappa shape index (κ2) is 7.42. The van der Waals surface area contributed by atoms with Crippen LogP contribution in [0, 0.1) is 13.8 Å². The maximum absolute atomic E-state index is 12.2. The first-order chi connectivity index (χ1) is 9.99. The SMILES string of the molecule is Cc1cc(S(=O)(=O)NCCNC2CCCCCC2)c(C)o1. The molecule has 0 aromatic carbocycles. The highest BCUT2D eigenvalue weighted by molar-refractivity contribution is 7.89. The van der Waals surface area contributed by atoms with Gasteiger partial charge in [0.15, 0.2) is 0 Å².